The molecule has 4 rings (SSSR count). The highest BCUT2D eigenvalue weighted by Crippen LogP contribution is 2.64. The third-order valence-corrected chi connectivity index (χ3v) is 7.28. The highest BCUT2D eigenvalue weighted by molar-refractivity contribution is 5.45. The Bertz CT molecular complexity index is 672. The Balaban J connectivity index is 1.87. The molecule has 24 heavy (non-hydrogen) atoms. The summed E-state index contributed by atoms with van der Waals surface area (Å²) in [4.78, 5) is 0. The van der Waals surface area contributed by atoms with E-state index in [0.717, 1.165) is 31.2 Å². The van der Waals surface area contributed by atoms with Crippen molar-refractivity contribution in [2.24, 2.45) is 17.3 Å². The first-order valence-electron chi connectivity index (χ1n) is 9.15. The first-order chi connectivity index (χ1) is 11.4. The van der Waals surface area contributed by atoms with Gasteiger partial charge < -0.3 is 10.2 Å². The molecule has 0 aliphatic heterocycles. The number of phenols is 1. The van der Waals surface area contributed by atoms with Gasteiger partial charge in [-0.05, 0) is 66.7 Å². The molecule has 0 aromatic heterocycles. The second-order valence-corrected chi connectivity index (χ2v) is 8.59. The number of aliphatic hydroxyl groups is 1. The van der Waals surface area contributed by atoms with Gasteiger partial charge in [0.2, 0.25) is 0 Å². The van der Waals surface area contributed by atoms with E-state index in [2.05, 4.69) is 13.5 Å². The zero-order chi connectivity index (χ0) is 17.1. The molecule has 0 unspecified atom stereocenters. The lowest BCUT2D eigenvalue weighted by Gasteiger charge is -2.57. The average Bonchev–Trinajstić information content (AvgIpc) is 2.81. The highest BCUT2D eigenvalue weighted by atomic mass is 19.1. The van der Waals surface area contributed by atoms with Crippen molar-refractivity contribution in [2.45, 2.75) is 63.1 Å². The topological polar surface area (TPSA) is 40.5 Å². The van der Waals surface area contributed by atoms with E-state index in [1.54, 1.807) is 12.1 Å². The normalized spacial score (nSPS) is 43.6. The summed E-state index contributed by atoms with van der Waals surface area (Å²) < 4.78 is 15.4. The third kappa shape index (κ3) is 2.10. The van der Waals surface area contributed by atoms with Crippen LogP contribution in [0.5, 0.6) is 5.75 Å². The van der Waals surface area contributed by atoms with Gasteiger partial charge >= 0.3 is 0 Å². The second-order valence-electron chi connectivity index (χ2n) is 8.59. The minimum atomic E-state index is -0.922. The van der Waals surface area contributed by atoms with Crippen molar-refractivity contribution in [1.82, 2.24) is 0 Å². The summed E-state index contributed by atoms with van der Waals surface area (Å²) in [6, 6.07) is 5.47. The molecule has 3 aliphatic rings. The van der Waals surface area contributed by atoms with Crippen LogP contribution in [0, 0.1) is 17.3 Å². The Hall–Kier alpha value is -1.35. The van der Waals surface area contributed by atoms with Crippen LogP contribution in [0.1, 0.15) is 50.2 Å². The lowest BCUT2D eigenvalue weighted by Crippen LogP contribution is -2.55. The van der Waals surface area contributed by atoms with Crippen LogP contribution in [0.4, 0.5) is 4.39 Å². The summed E-state index contributed by atoms with van der Waals surface area (Å²) in [6.07, 6.45) is 5.31. The van der Waals surface area contributed by atoms with Gasteiger partial charge in [0.15, 0.2) is 0 Å². The maximum absolute atomic E-state index is 15.4. The molecule has 0 amide bonds. The molecular weight excluding hydrogens is 303 g/mol. The van der Waals surface area contributed by atoms with Crippen molar-refractivity contribution in [2.75, 3.05) is 0 Å². The first kappa shape index (κ1) is 16.1. The van der Waals surface area contributed by atoms with Gasteiger partial charge in [0.25, 0.3) is 0 Å². The molecule has 3 heteroatoms. The van der Waals surface area contributed by atoms with Crippen molar-refractivity contribution in [1.29, 1.82) is 0 Å². The number of hydrogen-bond donors (Lipinski definition) is 2. The van der Waals surface area contributed by atoms with Crippen molar-refractivity contribution in [3.8, 4) is 5.75 Å². The van der Waals surface area contributed by atoms with Crippen molar-refractivity contribution in [3.05, 3.63) is 42.0 Å². The Morgan fingerprint density at radius 1 is 1.38 bits per heavy atom. The van der Waals surface area contributed by atoms with Gasteiger partial charge in [-0.3, -0.25) is 0 Å². The monoisotopic (exact) mass is 330 g/mol. The van der Waals surface area contributed by atoms with E-state index in [9.17, 15) is 10.2 Å². The molecule has 0 radical (unpaired) electrons. The molecule has 2 fully saturated rings. The predicted octanol–water partition coefficient (Wildman–Crippen LogP) is 4.29. The highest BCUT2D eigenvalue weighted by Gasteiger charge is 2.61. The number of hydrogen-bond acceptors (Lipinski definition) is 2. The maximum Gasteiger partial charge on any atom is 0.115 e. The van der Waals surface area contributed by atoms with Crippen LogP contribution in [0.2, 0.25) is 0 Å². The van der Waals surface area contributed by atoms with Crippen LogP contribution in [0.25, 0.3) is 0 Å². The average molecular weight is 330 g/mol. The summed E-state index contributed by atoms with van der Waals surface area (Å²) in [5, 5.41) is 20.1. The van der Waals surface area contributed by atoms with Crippen LogP contribution in [0.3, 0.4) is 0 Å². The number of rotatable bonds is 2. The molecule has 1 aromatic rings. The fourth-order valence-electron chi connectivity index (χ4n) is 6.37. The molecule has 0 heterocycles. The van der Waals surface area contributed by atoms with Crippen LogP contribution >= 0.6 is 0 Å². The smallest absolute Gasteiger partial charge is 0.115 e. The van der Waals surface area contributed by atoms with Crippen LogP contribution in [-0.2, 0) is 11.8 Å². The largest absolute Gasteiger partial charge is 0.508 e. The second kappa shape index (κ2) is 5.32. The number of aliphatic hydroxyl groups excluding tert-OH is 1. The fourth-order valence-corrected chi connectivity index (χ4v) is 6.37. The summed E-state index contributed by atoms with van der Waals surface area (Å²) in [7, 11) is 0. The first-order valence-corrected chi connectivity index (χ1v) is 9.15. The maximum atomic E-state index is 15.4. The van der Waals surface area contributed by atoms with E-state index in [4.69, 9.17) is 0 Å². The van der Waals surface area contributed by atoms with E-state index in [0.29, 0.717) is 12.8 Å². The minimum Gasteiger partial charge on any atom is -0.508 e. The van der Waals surface area contributed by atoms with Crippen molar-refractivity contribution >= 4 is 0 Å². The Labute approximate surface area is 143 Å². The molecule has 130 valence electrons. The predicted molar refractivity (Wildman–Crippen MR) is 92.8 cm³/mol. The molecule has 6 atom stereocenters. The van der Waals surface area contributed by atoms with E-state index < -0.39 is 6.17 Å². The minimum absolute atomic E-state index is 0.0491. The van der Waals surface area contributed by atoms with Gasteiger partial charge in [0.05, 0.1) is 6.10 Å². The molecule has 2 saturated carbocycles. The van der Waals surface area contributed by atoms with Gasteiger partial charge in [0.1, 0.15) is 11.9 Å². The molecule has 3 aliphatic carbocycles. The number of alkyl halides is 1. The van der Waals surface area contributed by atoms with Gasteiger partial charge in [-0.15, -0.1) is 6.58 Å². The number of phenolic OH excluding ortho intramolecular Hbond substituents is 1. The standard InChI is InChI=1S/C21H27FO2/c1-3-6-21-8-7-20(2)12-15(24)11-17(20)19(21)18(22)10-13-9-14(23)4-5-16(13)21/h3-5,9,15,17-19,23-24H,1,6-8,10-12H2,2H3/t15-,17+,18+,19-,20-,21-/m1/s1. The number of fused-ring (bicyclic) bond motifs is 5. The molecule has 0 saturated heterocycles. The molecule has 0 bridgehead atoms. The molecular formula is C21H27FO2. The zero-order valence-corrected chi connectivity index (χ0v) is 14.3. The molecule has 2 N–H and O–H groups in total. The Morgan fingerprint density at radius 3 is 2.92 bits per heavy atom. The molecule has 1 aromatic carbocycles. The fraction of sp³-hybridized carbons (Fsp3) is 0.619. The van der Waals surface area contributed by atoms with E-state index in [-0.39, 0.29) is 34.5 Å². The SMILES string of the molecule is C=CC[C@]12CC[C@]3(C)C[C@H](O)C[C@H]3[C@@H]1[C@@H](F)Cc1cc(O)ccc12. The van der Waals surface area contributed by atoms with Gasteiger partial charge in [-0.1, -0.05) is 19.1 Å². The van der Waals surface area contributed by atoms with Crippen LogP contribution < -0.4 is 0 Å². The summed E-state index contributed by atoms with van der Waals surface area (Å²) in [5.74, 6) is 0.367. The third-order valence-electron chi connectivity index (χ3n) is 7.28. The van der Waals surface area contributed by atoms with Crippen LogP contribution in [0.15, 0.2) is 30.9 Å². The zero-order valence-electron chi connectivity index (χ0n) is 14.3. The van der Waals surface area contributed by atoms with Gasteiger partial charge in [-0.2, -0.15) is 0 Å². The van der Waals surface area contributed by atoms with E-state index >= 15 is 4.39 Å². The molecule has 0 spiro atoms. The lowest BCUT2D eigenvalue weighted by atomic mass is 9.47. The number of benzene rings is 1. The number of allylic oxidation sites excluding steroid dienone is 1. The van der Waals surface area contributed by atoms with Crippen molar-refractivity contribution in [3.63, 3.8) is 0 Å². The molecule has 2 nitrogen and oxygen atoms in total. The number of aromatic hydroxyl groups is 1. The number of halogens is 1. The van der Waals surface area contributed by atoms with Gasteiger partial charge in [-0.25, -0.2) is 4.39 Å². The lowest BCUT2D eigenvalue weighted by molar-refractivity contribution is -0.0363. The van der Waals surface area contributed by atoms with Crippen LogP contribution in [-0.4, -0.2) is 22.5 Å². The van der Waals surface area contributed by atoms with Gasteiger partial charge in [0, 0.05) is 17.8 Å². The Morgan fingerprint density at radius 2 is 2.17 bits per heavy atom. The van der Waals surface area contributed by atoms with E-state index in [1.807, 2.05) is 12.1 Å². The summed E-state index contributed by atoms with van der Waals surface area (Å²) >= 11 is 0. The van der Waals surface area contributed by atoms with E-state index in [1.165, 1.54) is 5.56 Å². The summed E-state index contributed by atoms with van der Waals surface area (Å²) in [5.41, 5.74) is 1.95. The summed E-state index contributed by atoms with van der Waals surface area (Å²) in [6.45, 7) is 6.19. The van der Waals surface area contributed by atoms with Crippen molar-refractivity contribution < 1.29 is 14.6 Å². The quantitative estimate of drug-likeness (QED) is 0.794. The Kier molecular flexibility index (Phi) is 3.58.